The van der Waals surface area contributed by atoms with Crippen LogP contribution in [-0.4, -0.2) is 20.9 Å². The Kier molecular flexibility index (Phi) is 7.59. The number of anilines is 1. The minimum atomic E-state index is -3.94. The first-order valence-corrected chi connectivity index (χ1v) is 12.6. The van der Waals surface area contributed by atoms with Crippen LogP contribution in [0.2, 0.25) is 0 Å². The van der Waals surface area contributed by atoms with Crippen molar-refractivity contribution in [1.29, 1.82) is 0 Å². The molecule has 0 bridgehead atoms. The Labute approximate surface area is 197 Å². The van der Waals surface area contributed by atoms with Crippen LogP contribution >= 0.6 is 0 Å². The van der Waals surface area contributed by atoms with Gasteiger partial charge in [0.2, 0.25) is 5.91 Å². The van der Waals surface area contributed by atoms with Gasteiger partial charge in [0, 0.05) is 0 Å². The summed E-state index contributed by atoms with van der Waals surface area (Å²) in [6, 6.07) is 20.0. The molecule has 0 aliphatic rings. The second-order valence-corrected chi connectivity index (χ2v) is 10.3. The molecule has 0 heterocycles. The third-order valence-corrected chi connectivity index (χ3v) is 7.78. The van der Waals surface area contributed by atoms with Crippen LogP contribution < -0.4 is 9.62 Å². The number of nitrogens with one attached hydrogen (secondary N) is 1. The Bertz CT molecular complexity index is 1220. The van der Waals surface area contributed by atoms with E-state index in [1.807, 2.05) is 64.1 Å². The fourth-order valence-corrected chi connectivity index (χ4v) is 5.16. The highest BCUT2D eigenvalue weighted by Crippen LogP contribution is 2.28. The van der Waals surface area contributed by atoms with E-state index in [1.165, 1.54) is 9.87 Å². The number of nitrogens with zero attached hydrogens (tertiary/aromatic N) is 1. The van der Waals surface area contributed by atoms with Gasteiger partial charge in [0.05, 0.1) is 16.6 Å². The van der Waals surface area contributed by atoms with E-state index in [1.54, 1.807) is 30.3 Å². The van der Waals surface area contributed by atoms with Gasteiger partial charge < -0.3 is 5.32 Å². The maximum absolute atomic E-state index is 13.6. The van der Waals surface area contributed by atoms with Crippen molar-refractivity contribution in [3.05, 3.63) is 94.5 Å². The summed E-state index contributed by atoms with van der Waals surface area (Å²) < 4.78 is 28.4. The minimum Gasteiger partial charge on any atom is -0.348 e. The van der Waals surface area contributed by atoms with Crippen molar-refractivity contribution in [3.8, 4) is 0 Å². The van der Waals surface area contributed by atoms with Crippen molar-refractivity contribution in [2.75, 3.05) is 10.8 Å². The van der Waals surface area contributed by atoms with E-state index in [-0.39, 0.29) is 23.4 Å². The molecular weight excluding hydrogens is 432 g/mol. The Hall–Kier alpha value is -3.12. The molecule has 0 saturated carbocycles. The van der Waals surface area contributed by atoms with Crippen molar-refractivity contribution in [1.82, 2.24) is 5.32 Å². The molecule has 1 atom stereocenters. The molecular formula is C27H32N2O3S. The zero-order valence-electron chi connectivity index (χ0n) is 19.9. The standard InChI is InChI=1S/C27H32N2O3S/c1-6-23-12-14-24(15-13-23)22(5)28-27(30)18-29(26-9-7-8-20(3)21(26)4)33(31,32)25-16-10-19(2)11-17-25/h7-17,22H,6,18H2,1-5H3,(H,28,30). The lowest BCUT2D eigenvalue weighted by atomic mass is 10.0. The highest BCUT2D eigenvalue weighted by molar-refractivity contribution is 7.92. The molecule has 5 nitrogen and oxygen atoms in total. The van der Waals surface area contributed by atoms with E-state index in [9.17, 15) is 13.2 Å². The topological polar surface area (TPSA) is 66.5 Å². The second-order valence-electron chi connectivity index (χ2n) is 8.43. The highest BCUT2D eigenvalue weighted by atomic mass is 32.2. The summed E-state index contributed by atoms with van der Waals surface area (Å²) in [5, 5.41) is 2.96. The molecule has 3 aromatic rings. The van der Waals surface area contributed by atoms with Gasteiger partial charge in [-0.3, -0.25) is 9.10 Å². The number of carbonyl (C=O) groups is 1. The molecule has 0 aliphatic heterocycles. The molecule has 0 radical (unpaired) electrons. The van der Waals surface area contributed by atoms with Crippen LogP contribution in [0.4, 0.5) is 5.69 Å². The van der Waals surface area contributed by atoms with E-state index in [2.05, 4.69) is 12.2 Å². The van der Waals surface area contributed by atoms with Crippen molar-refractivity contribution >= 4 is 21.6 Å². The van der Waals surface area contributed by atoms with Gasteiger partial charge >= 0.3 is 0 Å². The zero-order valence-corrected chi connectivity index (χ0v) is 20.7. The fraction of sp³-hybridized carbons (Fsp3) is 0.296. The molecule has 0 saturated heterocycles. The lowest BCUT2D eigenvalue weighted by Crippen LogP contribution is -2.42. The van der Waals surface area contributed by atoms with E-state index in [0.29, 0.717) is 5.69 Å². The van der Waals surface area contributed by atoms with Crippen molar-refractivity contribution in [2.45, 2.75) is 52.0 Å². The summed E-state index contributed by atoms with van der Waals surface area (Å²) in [7, 11) is -3.94. The van der Waals surface area contributed by atoms with Crippen LogP contribution in [0.3, 0.4) is 0 Å². The summed E-state index contributed by atoms with van der Waals surface area (Å²) in [5.41, 5.74) is 5.45. The van der Waals surface area contributed by atoms with Crippen molar-refractivity contribution < 1.29 is 13.2 Å². The van der Waals surface area contributed by atoms with Crippen molar-refractivity contribution in [2.24, 2.45) is 0 Å². The summed E-state index contributed by atoms with van der Waals surface area (Å²) in [6.45, 7) is 9.39. The van der Waals surface area contributed by atoms with Crippen LogP contribution in [-0.2, 0) is 21.2 Å². The number of hydrogen-bond acceptors (Lipinski definition) is 3. The zero-order chi connectivity index (χ0) is 24.2. The number of hydrogen-bond donors (Lipinski definition) is 1. The molecule has 1 unspecified atom stereocenters. The Morgan fingerprint density at radius 1 is 0.939 bits per heavy atom. The molecule has 33 heavy (non-hydrogen) atoms. The first-order chi connectivity index (χ1) is 15.6. The van der Waals surface area contributed by atoms with Gasteiger partial charge in [-0.1, -0.05) is 61.0 Å². The predicted molar refractivity (Wildman–Crippen MR) is 134 cm³/mol. The minimum absolute atomic E-state index is 0.157. The lowest BCUT2D eigenvalue weighted by Gasteiger charge is -2.27. The number of rotatable bonds is 8. The molecule has 1 amide bonds. The molecule has 0 spiro atoms. The number of sulfonamides is 1. The molecule has 3 rings (SSSR count). The van der Waals surface area contributed by atoms with E-state index in [4.69, 9.17) is 0 Å². The number of aryl methyl sites for hydroxylation is 3. The van der Waals surface area contributed by atoms with E-state index in [0.717, 1.165) is 28.7 Å². The number of carbonyl (C=O) groups excluding carboxylic acids is 1. The van der Waals surface area contributed by atoms with Gasteiger partial charge in [-0.15, -0.1) is 0 Å². The quantitative estimate of drug-likeness (QED) is 0.495. The first kappa shape index (κ1) is 24.5. The average molecular weight is 465 g/mol. The van der Waals surface area contributed by atoms with Crippen molar-refractivity contribution in [3.63, 3.8) is 0 Å². The largest absolute Gasteiger partial charge is 0.348 e. The van der Waals surface area contributed by atoms with Gasteiger partial charge in [-0.05, 0) is 74.6 Å². The van der Waals surface area contributed by atoms with Crippen LogP contribution in [0.25, 0.3) is 0 Å². The van der Waals surface area contributed by atoms with Gasteiger partial charge in [0.25, 0.3) is 10.0 Å². The molecule has 0 fully saturated rings. The molecule has 1 N–H and O–H groups in total. The summed E-state index contributed by atoms with van der Waals surface area (Å²) in [4.78, 5) is 13.2. The Morgan fingerprint density at radius 2 is 1.58 bits per heavy atom. The molecule has 6 heteroatoms. The second kappa shape index (κ2) is 10.2. The predicted octanol–water partition coefficient (Wildman–Crippen LogP) is 5.25. The Morgan fingerprint density at radius 3 is 2.18 bits per heavy atom. The van der Waals surface area contributed by atoms with E-state index < -0.39 is 10.0 Å². The van der Waals surface area contributed by atoms with Crippen LogP contribution in [0.1, 0.15) is 47.7 Å². The van der Waals surface area contributed by atoms with Gasteiger partial charge in [0.1, 0.15) is 6.54 Å². The third kappa shape index (κ3) is 5.63. The Balaban J connectivity index is 1.91. The molecule has 0 aliphatic carbocycles. The normalized spacial score (nSPS) is 12.3. The highest BCUT2D eigenvalue weighted by Gasteiger charge is 2.29. The maximum Gasteiger partial charge on any atom is 0.264 e. The smallest absolute Gasteiger partial charge is 0.264 e. The van der Waals surface area contributed by atoms with Crippen LogP contribution in [0.15, 0.2) is 71.6 Å². The number of benzene rings is 3. The molecule has 174 valence electrons. The molecule has 0 aromatic heterocycles. The maximum atomic E-state index is 13.6. The monoisotopic (exact) mass is 464 g/mol. The lowest BCUT2D eigenvalue weighted by molar-refractivity contribution is -0.120. The summed E-state index contributed by atoms with van der Waals surface area (Å²) in [5.74, 6) is -0.362. The summed E-state index contributed by atoms with van der Waals surface area (Å²) in [6.07, 6.45) is 0.947. The van der Waals surface area contributed by atoms with Crippen LogP contribution in [0.5, 0.6) is 0 Å². The van der Waals surface area contributed by atoms with Gasteiger partial charge in [0.15, 0.2) is 0 Å². The third-order valence-electron chi connectivity index (χ3n) is 6.01. The van der Waals surface area contributed by atoms with Gasteiger partial charge in [-0.2, -0.15) is 0 Å². The summed E-state index contributed by atoms with van der Waals surface area (Å²) >= 11 is 0. The van der Waals surface area contributed by atoms with Gasteiger partial charge in [-0.25, -0.2) is 8.42 Å². The SMILES string of the molecule is CCc1ccc(C(C)NC(=O)CN(c2cccc(C)c2C)S(=O)(=O)c2ccc(C)cc2)cc1. The fourth-order valence-electron chi connectivity index (χ4n) is 3.69. The molecule has 3 aromatic carbocycles. The average Bonchev–Trinajstić information content (AvgIpc) is 2.79. The first-order valence-electron chi connectivity index (χ1n) is 11.2. The number of amides is 1. The van der Waals surface area contributed by atoms with E-state index >= 15 is 0 Å². The van der Waals surface area contributed by atoms with Crippen LogP contribution in [0, 0.1) is 20.8 Å².